The minimum Gasteiger partial charge on any atom is -0.497 e. The molecule has 3 aromatic rings. The van der Waals surface area contributed by atoms with Crippen molar-refractivity contribution in [1.82, 2.24) is 0 Å². The van der Waals surface area contributed by atoms with Gasteiger partial charge in [0.05, 0.1) is 13.5 Å². The number of anilines is 2. The molecule has 0 aliphatic rings. The number of carbonyl (C=O) groups excluding carboxylic acids is 1. The van der Waals surface area contributed by atoms with Gasteiger partial charge in [-0.1, -0.05) is 42.0 Å². The van der Waals surface area contributed by atoms with Crippen molar-refractivity contribution >= 4 is 17.3 Å². The Morgan fingerprint density at radius 3 is 2.32 bits per heavy atom. The van der Waals surface area contributed by atoms with Gasteiger partial charge in [-0.3, -0.25) is 4.79 Å². The summed E-state index contributed by atoms with van der Waals surface area (Å²) in [5.74, 6) is 0.866. The fraction of sp³-hybridized carbons (Fsp3) is 0.208. The summed E-state index contributed by atoms with van der Waals surface area (Å²) < 4.78 is 5.25. The van der Waals surface area contributed by atoms with Gasteiger partial charge in [0.2, 0.25) is 5.91 Å². The smallest absolute Gasteiger partial charge is 0.228 e. The molecule has 0 unspecified atom stereocenters. The first-order valence-electron chi connectivity index (χ1n) is 9.44. The molecule has 144 valence electrons. The molecule has 4 nitrogen and oxygen atoms in total. The van der Waals surface area contributed by atoms with Crippen LogP contribution in [0, 0.1) is 6.92 Å². The topological polar surface area (TPSA) is 50.4 Å². The Balaban J connectivity index is 1.46. The maximum absolute atomic E-state index is 12.2. The summed E-state index contributed by atoms with van der Waals surface area (Å²) in [5.41, 5.74) is 5.26. The monoisotopic (exact) mass is 374 g/mol. The van der Waals surface area contributed by atoms with Gasteiger partial charge >= 0.3 is 0 Å². The molecular weight excluding hydrogens is 348 g/mol. The van der Waals surface area contributed by atoms with Crippen LogP contribution in [0.3, 0.4) is 0 Å². The molecule has 2 N–H and O–H groups in total. The Kier molecular flexibility index (Phi) is 6.68. The average molecular weight is 374 g/mol. The quantitative estimate of drug-likeness (QED) is 0.593. The van der Waals surface area contributed by atoms with E-state index >= 15 is 0 Å². The summed E-state index contributed by atoms with van der Waals surface area (Å²) in [5, 5.41) is 6.35. The molecule has 4 heteroatoms. The number of hydrogen-bond donors (Lipinski definition) is 2. The van der Waals surface area contributed by atoms with Crippen molar-refractivity contribution < 1.29 is 9.53 Å². The number of amides is 1. The van der Waals surface area contributed by atoms with Crippen LogP contribution in [0.2, 0.25) is 0 Å². The predicted molar refractivity (Wildman–Crippen MR) is 115 cm³/mol. The first-order valence-corrected chi connectivity index (χ1v) is 9.44. The second kappa shape index (κ2) is 9.60. The molecule has 0 heterocycles. The van der Waals surface area contributed by atoms with Gasteiger partial charge in [-0.2, -0.15) is 0 Å². The molecule has 0 fully saturated rings. The summed E-state index contributed by atoms with van der Waals surface area (Å²) in [4.78, 5) is 12.2. The molecule has 3 rings (SSSR count). The minimum absolute atomic E-state index is 0.0115. The van der Waals surface area contributed by atoms with Gasteiger partial charge in [-0.25, -0.2) is 0 Å². The maximum atomic E-state index is 12.2. The van der Waals surface area contributed by atoms with E-state index in [0.29, 0.717) is 6.42 Å². The van der Waals surface area contributed by atoms with Crippen molar-refractivity contribution in [2.24, 2.45) is 0 Å². The average Bonchev–Trinajstić information content (AvgIpc) is 2.71. The number of hydrogen-bond acceptors (Lipinski definition) is 3. The van der Waals surface area contributed by atoms with E-state index in [9.17, 15) is 4.79 Å². The Labute approximate surface area is 166 Å². The number of benzene rings is 3. The highest BCUT2D eigenvalue weighted by Gasteiger charge is 2.04. The van der Waals surface area contributed by atoms with E-state index < -0.39 is 0 Å². The van der Waals surface area contributed by atoms with Gasteiger partial charge in [-0.15, -0.1) is 0 Å². The van der Waals surface area contributed by atoms with Crippen LogP contribution in [0.15, 0.2) is 72.8 Å². The molecule has 0 aromatic heterocycles. The summed E-state index contributed by atoms with van der Waals surface area (Å²) in [7, 11) is 1.68. The van der Waals surface area contributed by atoms with Crippen molar-refractivity contribution in [3.05, 3.63) is 89.5 Å². The second-order valence-corrected chi connectivity index (χ2v) is 6.82. The van der Waals surface area contributed by atoms with E-state index in [0.717, 1.165) is 35.7 Å². The van der Waals surface area contributed by atoms with Crippen molar-refractivity contribution in [2.75, 3.05) is 24.3 Å². The molecule has 0 atom stereocenters. The molecule has 0 spiro atoms. The SMILES string of the molecule is COc1cccc(CCNc2ccc(NC(=O)Cc3ccc(C)cc3)cc2)c1. The van der Waals surface area contributed by atoms with E-state index in [4.69, 9.17) is 4.74 Å². The van der Waals surface area contributed by atoms with E-state index in [2.05, 4.69) is 16.7 Å². The number of carbonyl (C=O) groups is 1. The largest absolute Gasteiger partial charge is 0.497 e. The Morgan fingerprint density at radius 2 is 1.61 bits per heavy atom. The van der Waals surface area contributed by atoms with Crippen LogP contribution in [0.1, 0.15) is 16.7 Å². The lowest BCUT2D eigenvalue weighted by molar-refractivity contribution is -0.115. The summed E-state index contributed by atoms with van der Waals surface area (Å²) >= 11 is 0. The molecule has 0 aliphatic heterocycles. The van der Waals surface area contributed by atoms with E-state index in [1.807, 2.05) is 73.7 Å². The van der Waals surface area contributed by atoms with Crippen LogP contribution in [-0.2, 0) is 17.6 Å². The first-order chi connectivity index (χ1) is 13.6. The third kappa shape index (κ3) is 5.88. The molecule has 3 aromatic carbocycles. The summed E-state index contributed by atoms with van der Waals surface area (Å²) in [6.45, 7) is 2.86. The van der Waals surface area contributed by atoms with Crippen LogP contribution < -0.4 is 15.4 Å². The third-order valence-corrected chi connectivity index (χ3v) is 4.53. The molecule has 0 radical (unpaired) electrons. The van der Waals surface area contributed by atoms with Gasteiger partial charge in [0.1, 0.15) is 5.75 Å². The number of rotatable bonds is 8. The first kappa shape index (κ1) is 19.5. The van der Waals surface area contributed by atoms with Crippen molar-refractivity contribution in [2.45, 2.75) is 19.8 Å². The van der Waals surface area contributed by atoms with Crippen LogP contribution in [0.25, 0.3) is 0 Å². The summed E-state index contributed by atoms with van der Waals surface area (Å²) in [6, 6.07) is 23.9. The van der Waals surface area contributed by atoms with E-state index in [-0.39, 0.29) is 5.91 Å². The number of methoxy groups -OCH3 is 1. The van der Waals surface area contributed by atoms with E-state index in [1.54, 1.807) is 7.11 Å². The highest BCUT2D eigenvalue weighted by atomic mass is 16.5. The number of aryl methyl sites for hydroxylation is 1. The highest BCUT2D eigenvalue weighted by molar-refractivity contribution is 5.92. The number of nitrogens with one attached hydrogen (secondary N) is 2. The lowest BCUT2D eigenvalue weighted by atomic mass is 10.1. The maximum Gasteiger partial charge on any atom is 0.228 e. The highest BCUT2D eigenvalue weighted by Crippen LogP contribution is 2.16. The van der Waals surface area contributed by atoms with Crippen LogP contribution in [-0.4, -0.2) is 19.6 Å². The van der Waals surface area contributed by atoms with Crippen LogP contribution in [0.5, 0.6) is 5.75 Å². The standard InChI is InChI=1S/C24H26N2O2/c1-18-6-8-20(9-7-18)17-24(27)26-22-12-10-21(11-13-22)25-15-14-19-4-3-5-23(16-19)28-2/h3-13,16,25H,14-15,17H2,1-2H3,(H,26,27). The molecule has 0 aliphatic carbocycles. The normalized spacial score (nSPS) is 10.4. The number of ether oxygens (including phenoxy) is 1. The molecule has 0 saturated carbocycles. The lowest BCUT2D eigenvalue weighted by Crippen LogP contribution is -2.14. The zero-order chi connectivity index (χ0) is 19.8. The zero-order valence-electron chi connectivity index (χ0n) is 16.4. The Morgan fingerprint density at radius 1 is 0.893 bits per heavy atom. The van der Waals surface area contributed by atoms with Crippen molar-refractivity contribution in [3.8, 4) is 5.75 Å². The van der Waals surface area contributed by atoms with Crippen molar-refractivity contribution in [3.63, 3.8) is 0 Å². The lowest BCUT2D eigenvalue weighted by Gasteiger charge is -2.09. The fourth-order valence-electron chi connectivity index (χ4n) is 2.95. The van der Waals surface area contributed by atoms with Crippen molar-refractivity contribution in [1.29, 1.82) is 0 Å². The summed E-state index contributed by atoms with van der Waals surface area (Å²) in [6.07, 6.45) is 1.28. The van der Waals surface area contributed by atoms with Crippen LogP contribution >= 0.6 is 0 Å². The third-order valence-electron chi connectivity index (χ3n) is 4.53. The zero-order valence-corrected chi connectivity index (χ0v) is 16.4. The molecule has 0 bridgehead atoms. The fourth-order valence-corrected chi connectivity index (χ4v) is 2.95. The minimum atomic E-state index is -0.0115. The Hall–Kier alpha value is -3.27. The second-order valence-electron chi connectivity index (χ2n) is 6.82. The Bertz CT molecular complexity index is 903. The van der Waals surface area contributed by atoms with E-state index in [1.165, 1.54) is 11.1 Å². The molecular formula is C24H26N2O2. The van der Waals surface area contributed by atoms with Gasteiger partial charge in [-0.05, 0) is 60.9 Å². The van der Waals surface area contributed by atoms with Gasteiger partial charge in [0.15, 0.2) is 0 Å². The van der Waals surface area contributed by atoms with Crippen LogP contribution in [0.4, 0.5) is 11.4 Å². The molecule has 0 saturated heterocycles. The van der Waals surface area contributed by atoms with Gasteiger partial charge < -0.3 is 15.4 Å². The molecule has 1 amide bonds. The van der Waals surface area contributed by atoms with Gasteiger partial charge in [0.25, 0.3) is 0 Å². The van der Waals surface area contributed by atoms with Gasteiger partial charge in [0, 0.05) is 17.9 Å². The predicted octanol–water partition coefficient (Wildman–Crippen LogP) is 4.84. The molecule has 28 heavy (non-hydrogen) atoms.